The molecule has 0 saturated heterocycles. The Labute approximate surface area is 118 Å². The molecular weight excluding hydrogens is 253 g/mol. The summed E-state index contributed by atoms with van der Waals surface area (Å²) >= 11 is 0. The van der Waals surface area contributed by atoms with Crippen LogP contribution in [0.2, 0.25) is 0 Å². The maximum Gasteiger partial charge on any atom is 0.159 e. The number of benzene rings is 1. The molecule has 0 radical (unpaired) electrons. The van der Waals surface area contributed by atoms with Crippen molar-refractivity contribution in [1.82, 2.24) is 9.97 Å². The molecule has 0 saturated carbocycles. The normalized spacial score (nSPS) is 17.9. The van der Waals surface area contributed by atoms with Gasteiger partial charge in [0.25, 0.3) is 0 Å². The first-order valence-electron chi connectivity index (χ1n) is 6.98. The van der Waals surface area contributed by atoms with Crippen LogP contribution in [0.4, 0.5) is 4.39 Å². The van der Waals surface area contributed by atoms with E-state index in [1.807, 2.05) is 12.3 Å². The second-order valence-corrected chi connectivity index (χ2v) is 5.47. The zero-order valence-electron chi connectivity index (χ0n) is 11.6. The first-order valence-corrected chi connectivity index (χ1v) is 6.98. The monoisotopic (exact) mass is 271 g/mol. The van der Waals surface area contributed by atoms with Crippen molar-refractivity contribution in [2.75, 3.05) is 6.54 Å². The number of rotatable bonds is 2. The van der Waals surface area contributed by atoms with Gasteiger partial charge in [-0.1, -0.05) is 12.1 Å². The van der Waals surface area contributed by atoms with E-state index in [-0.39, 0.29) is 5.82 Å². The Hall–Kier alpha value is -1.81. The van der Waals surface area contributed by atoms with Gasteiger partial charge in [-0.05, 0) is 55.8 Å². The van der Waals surface area contributed by atoms with Crippen LogP contribution in [-0.2, 0) is 12.8 Å². The minimum Gasteiger partial charge on any atom is -0.330 e. The third kappa shape index (κ3) is 2.43. The Kier molecular flexibility index (Phi) is 3.49. The lowest BCUT2D eigenvalue weighted by atomic mass is 9.87. The van der Waals surface area contributed by atoms with E-state index in [1.54, 1.807) is 13.0 Å². The highest BCUT2D eigenvalue weighted by molar-refractivity contribution is 5.56. The minimum atomic E-state index is -0.216. The van der Waals surface area contributed by atoms with Crippen molar-refractivity contribution in [1.29, 1.82) is 0 Å². The van der Waals surface area contributed by atoms with E-state index in [2.05, 4.69) is 9.97 Å². The predicted octanol–water partition coefficient (Wildman–Crippen LogP) is 2.65. The largest absolute Gasteiger partial charge is 0.330 e. The summed E-state index contributed by atoms with van der Waals surface area (Å²) in [5, 5.41) is 0. The van der Waals surface area contributed by atoms with Crippen molar-refractivity contribution < 1.29 is 4.39 Å². The van der Waals surface area contributed by atoms with Crippen molar-refractivity contribution >= 4 is 0 Å². The van der Waals surface area contributed by atoms with Gasteiger partial charge in [0.1, 0.15) is 5.82 Å². The SMILES string of the molecule is Cc1ccc(-c2ncc3c(n2)CCC(CN)C3)cc1F. The Morgan fingerprint density at radius 2 is 2.25 bits per heavy atom. The van der Waals surface area contributed by atoms with Gasteiger partial charge in [-0.2, -0.15) is 0 Å². The molecule has 2 N–H and O–H groups in total. The Balaban J connectivity index is 1.94. The number of hydrogen-bond acceptors (Lipinski definition) is 3. The van der Waals surface area contributed by atoms with Crippen LogP contribution in [0.15, 0.2) is 24.4 Å². The standard InChI is InChI=1S/C16H18FN3/c1-10-2-4-12(7-14(10)17)16-19-9-13-6-11(8-18)3-5-15(13)20-16/h2,4,7,9,11H,3,5-6,8,18H2,1H3. The van der Waals surface area contributed by atoms with Gasteiger partial charge in [0.15, 0.2) is 5.82 Å². The highest BCUT2D eigenvalue weighted by atomic mass is 19.1. The number of aryl methyl sites for hydroxylation is 2. The molecule has 0 aliphatic heterocycles. The molecule has 20 heavy (non-hydrogen) atoms. The topological polar surface area (TPSA) is 51.8 Å². The third-order valence-corrected chi connectivity index (χ3v) is 4.02. The lowest BCUT2D eigenvalue weighted by Gasteiger charge is -2.22. The number of nitrogens with zero attached hydrogens (tertiary/aromatic N) is 2. The molecule has 1 aromatic heterocycles. The Morgan fingerprint density at radius 1 is 1.40 bits per heavy atom. The molecule has 1 unspecified atom stereocenters. The molecule has 3 rings (SSSR count). The van der Waals surface area contributed by atoms with Gasteiger partial charge in [-0.3, -0.25) is 0 Å². The Morgan fingerprint density at radius 3 is 3.00 bits per heavy atom. The summed E-state index contributed by atoms with van der Waals surface area (Å²) < 4.78 is 13.6. The molecule has 3 nitrogen and oxygen atoms in total. The average molecular weight is 271 g/mol. The van der Waals surface area contributed by atoms with Gasteiger partial charge in [-0.15, -0.1) is 0 Å². The van der Waals surface area contributed by atoms with E-state index in [4.69, 9.17) is 5.73 Å². The number of fused-ring (bicyclic) bond motifs is 1. The molecule has 1 aliphatic carbocycles. The van der Waals surface area contributed by atoms with E-state index in [9.17, 15) is 4.39 Å². The molecule has 4 heteroatoms. The highest BCUT2D eigenvalue weighted by Gasteiger charge is 2.19. The lowest BCUT2D eigenvalue weighted by Crippen LogP contribution is -2.23. The van der Waals surface area contributed by atoms with Crippen molar-refractivity contribution in [2.45, 2.75) is 26.2 Å². The van der Waals surface area contributed by atoms with Crippen LogP contribution >= 0.6 is 0 Å². The molecule has 1 aliphatic rings. The van der Waals surface area contributed by atoms with Gasteiger partial charge < -0.3 is 5.73 Å². The molecule has 2 aromatic rings. The van der Waals surface area contributed by atoms with Gasteiger partial charge in [-0.25, -0.2) is 14.4 Å². The Bertz CT molecular complexity index is 640. The molecule has 0 spiro atoms. The van der Waals surface area contributed by atoms with Crippen LogP contribution in [0.25, 0.3) is 11.4 Å². The summed E-state index contributed by atoms with van der Waals surface area (Å²) in [7, 11) is 0. The molecule has 0 fully saturated rings. The van der Waals surface area contributed by atoms with Gasteiger partial charge >= 0.3 is 0 Å². The second-order valence-electron chi connectivity index (χ2n) is 5.47. The van der Waals surface area contributed by atoms with E-state index < -0.39 is 0 Å². The van der Waals surface area contributed by atoms with Crippen LogP contribution in [0.5, 0.6) is 0 Å². The summed E-state index contributed by atoms with van der Waals surface area (Å²) in [6.45, 7) is 2.46. The number of nitrogens with two attached hydrogens (primary N) is 1. The summed E-state index contributed by atoms with van der Waals surface area (Å²) in [6, 6.07) is 5.13. The fourth-order valence-electron chi connectivity index (χ4n) is 2.66. The van der Waals surface area contributed by atoms with Crippen molar-refractivity contribution in [3.8, 4) is 11.4 Å². The quantitative estimate of drug-likeness (QED) is 0.913. The first kappa shape index (κ1) is 13.2. The fraction of sp³-hybridized carbons (Fsp3) is 0.375. The summed E-state index contributed by atoms with van der Waals surface area (Å²) in [4.78, 5) is 8.99. The van der Waals surface area contributed by atoms with Crippen LogP contribution < -0.4 is 5.73 Å². The van der Waals surface area contributed by atoms with Crippen molar-refractivity contribution in [2.24, 2.45) is 11.7 Å². The third-order valence-electron chi connectivity index (χ3n) is 4.02. The summed E-state index contributed by atoms with van der Waals surface area (Å²) in [5.41, 5.74) is 9.37. The minimum absolute atomic E-state index is 0.216. The summed E-state index contributed by atoms with van der Waals surface area (Å²) in [5.74, 6) is 0.926. The molecule has 0 amide bonds. The van der Waals surface area contributed by atoms with Crippen LogP contribution in [0.1, 0.15) is 23.2 Å². The van der Waals surface area contributed by atoms with Crippen LogP contribution in [-0.4, -0.2) is 16.5 Å². The number of halogens is 1. The van der Waals surface area contributed by atoms with Crippen molar-refractivity contribution in [3.05, 3.63) is 47.0 Å². The van der Waals surface area contributed by atoms with Crippen molar-refractivity contribution in [3.63, 3.8) is 0 Å². The van der Waals surface area contributed by atoms with Crippen LogP contribution in [0.3, 0.4) is 0 Å². The molecule has 104 valence electrons. The van der Waals surface area contributed by atoms with E-state index in [0.29, 0.717) is 23.9 Å². The molecule has 1 atom stereocenters. The smallest absolute Gasteiger partial charge is 0.159 e. The highest BCUT2D eigenvalue weighted by Crippen LogP contribution is 2.26. The molecule has 1 aromatic carbocycles. The number of hydrogen-bond donors (Lipinski definition) is 1. The van der Waals surface area contributed by atoms with Gasteiger partial charge in [0.2, 0.25) is 0 Å². The molecule has 0 bridgehead atoms. The number of aromatic nitrogens is 2. The fourth-order valence-corrected chi connectivity index (χ4v) is 2.66. The van der Waals surface area contributed by atoms with Gasteiger partial charge in [0.05, 0.1) is 0 Å². The maximum atomic E-state index is 13.6. The maximum absolute atomic E-state index is 13.6. The molecular formula is C16H18FN3. The van der Waals surface area contributed by atoms with Crippen LogP contribution in [0, 0.1) is 18.7 Å². The summed E-state index contributed by atoms with van der Waals surface area (Å²) in [6.07, 6.45) is 4.83. The molecule has 1 heterocycles. The average Bonchev–Trinajstić information content (AvgIpc) is 2.49. The van der Waals surface area contributed by atoms with E-state index >= 15 is 0 Å². The van der Waals surface area contributed by atoms with E-state index in [0.717, 1.165) is 30.5 Å². The lowest BCUT2D eigenvalue weighted by molar-refractivity contribution is 0.462. The predicted molar refractivity (Wildman–Crippen MR) is 76.7 cm³/mol. The second kappa shape index (κ2) is 5.29. The van der Waals surface area contributed by atoms with E-state index in [1.165, 1.54) is 11.6 Å². The first-order chi connectivity index (χ1) is 9.67. The zero-order valence-corrected chi connectivity index (χ0v) is 11.6. The van der Waals surface area contributed by atoms with Gasteiger partial charge in [0, 0.05) is 17.5 Å². The zero-order chi connectivity index (χ0) is 14.1.